The number of azo groups is 1. The van der Waals surface area contributed by atoms with E-state index in [2.05, 4.69) is 20.5 Å². The number of hydrogen-bond donors (Lipinski definition) is 1. The number of carbonyl (C=O) groups is 3. The fourth-order valence-corrected chi connectivity index (χ4v) is 2.96. The summed E-state index contributed by atoms with van der Waals surface area (Å²) in [5.41, 5.74) is 1.52. The van der Waals surface area contributed by atoms with Crippen LogP contribution in [0.15, 0.2) is 94.1 Å². The van der Waals surface area contributed by atoms with E-state index in [0.717, 1.165) is 12.3 Å². The molecule has 1 aliphatic heterocycles. The minimum atomic E-state index is -1.38. The van der Waals surface area contributed by atoms with E-state index < -0.39 is 29.6 Å². The molecule has 0 unspecified atom stereocenters. The van der Waals surface area contributed by atoms with Gasteiger partial charge in [-0.05, 0) is 48.5 Å². The number of para-hydroxylation sites is 1. The number of halogens is 1. The summed E-state index contributed by atoms with van der Waals surface area (Å²) in [7, 11) is 0. The second-order valence-electron chi connectivity index (χ2n) is 6.73. The van der Waals surface area contributed by atoms with Gasteiger partial charge in [0.15, 0.2) is 5.92 Å². The lowest BCUT2D eigenvalue weighted by atomic mass is 10.1. The zero-order valence-electron chi connectivity index (χ0n) is 16.6. The molecule has 1 saturated heterocycles. The molecular formula is C23H16FN5O3. The number of nitrogens with one attached hydrogen (secondary N) is 1. The number of urea groups is 1. The van der Waals surface area contributed by atoms with E-state index >= 15 is 0 Å². The number of benzene rings is 3. The van der Waals surface area contributed by atoms with Gasteiger partial charge in [0.05, 0.1) is 22.7 Å². The van der Waals surface area contributed by atoms with Crippen LogP contribution in [0, 0.1) is 11.7 Å². The zero-order chi connectivity index (χ0) is 22.5. The molecule has 0 bridgehead atoms. The van der Waals surface area contributed by atoms with Crippen LogP contribution in [0.3, 0.4) is 0 Å². The molecule has 32 heavy (non-hydrogen) atoms. The smallest absolute Gasteiger partial charge is 0.276 e. The molecule has 8 nitrogen and oxygen atoms in total. The molecule has 1 fully saturated rings. The molecule has 3 aromatic carbocycles. The molecular weight excluding hydrogens is 413 g/mol. The lowest BCUT2D eigenvalue weighted by Crippen LogP contribution is -2.58. The largest absolute Gasteiger partial charge is 0.335 e. The fraction of sp³-hybridized carbons (Fsp3) is 0.0435. The Morgan fingerprint density at radius 1 is 0.781 bits per heavy atom. The molecule has 1 heterocycles. The number of imide groups is 2. The normalized spacial score (nSPS) is 16.7. The number of aliphatic imine (C=N–C) groups is 1. The van der Waals surface area contributed by atoms with Crippen molar-refractivity contribution < 1.29 is 18.8 Å². The molecule has 9 heteroatoms. The first-order valence-corrected chi connectivity index (χ1v) is 9.57. The Morgan fingerprint density at radius 3 is 2.06 bits per heavy atom. The van der Waals surface area contributed by atoms with Crippen molar-refractivity contribution in [1.82, 2.24) is 5.32 Å². The van der Waals surface area contributed by atoms with Crippen molar-refractivity contribution in [2.24, 2.45) is 21.1 Å². The summed E-state index contributed by atoms with van der Waals surface area (Å²) in [6.07, 6.45) is 1.12. The molecule has 1 aliphatic rings. The molecule has 0 spiro atoms. The van der Waals surface area contributed by atoms with Gasteiger partial charge in [0, 0.05) is 6.21 Å². The molecule has 0 radical (unpaired) electrons. The molecule has 0 aromatic heterocycles. The Kier molecular flexibility index (Phi) is 5.89. The predicted molar refractivity (Wildman–Crippen MR) is 116 cm³/mol. The monoisotopic (exact) mass is 429 g/mol. The van der Waals surface area contributed by atoms with Gasteiger partial charge in [0.25, 0.3) is 5.91 Å². The molecule has 4 amide bonds. The van der Waals surface area contributed by atoms with Gasteiger partial charge in [0.1, 0.15) is 5.82 Å². The molecule has 158 valence electrons. The molecule has 1 N–H and O–H groups in total. The van der Waals surface area contributed by atoms with E-state index in [1.54, 1.807) is 24.3 Å². The maximum atomic E-state index is 14.1. The van der Waals surface area contributed by atoms with E-state index in [1.807, 2.05) is 30.3 Å². The molecule has 3 aromatic rings. The lowest BCUT2D eigenvalue weighted by molar-refractivity contribution is -0.131. The van der Waals surface area contributed by atoms with Crippen molar-refractivity contribution in [1.29, 1.82) is 0 Å². The average molecular weight is 429 g/mol. The van der Waals surface area contributed by atoms with Gasteiger partial charge in [-0.1, -0.05) is 30.3 Å². The highest BCUT2D eigenvalue weighted by Crippen LogP contribution is 2.24. The Hall–Kier alpha value is -4.53. The number of hydrogen-bond acceptors (Lipinski definition) is 6. The summed E-state index contributed by atoms with van der Waals surface area (Å²) in [5.74, 6) is -3.86. The first-order valence-electron chi connectivity index (χ1n) is 9.57. The fourth-order valence-electron chi connectivity index (χ4n) is 2.96. The molecule has 0 saturated carbocycles. The van der Waals surface area contributed by atoms with E-state index in [-0.39, 0.29) is 5.69 Å². The molecule has 4 rings (SSSR count). The van der Waals surface area contributed by atoms with Gasteiger partial charge in [-0.15, -0.1) is 0 Å². The van der Waals surface area contributed by atoms with Crippen LogP contribution in [0.5, 0.6) is 0 Å². The minimum absolute atomic E-state index is 0.242. The average Bonchev–Trinajstić information content (AvgIpc) is 2.80. The molecule has 1 atom stereocenters. The van der Waals surface area contributed by atoms with Crippen LogP contribution in [0.1, 0.15) is 0 Å². The highest BCUT2D eigenvalue weighted by Gasteiger charge is 2.41. The quantitative estimate of drug-likeness (QED) is 0.356. The Labute approximate surface area is 182 Å². The Bertz CT molecular complexity index is 1230. The van der Waals surface area contributed by atoms with Crippen LogP contribution in [-0.4, -0.2) is 24.1 Å². The standard InChI is InChI=1S/C23H16FN5O3/c24-19-8-4-5-9-20(19)29-22(31)18(21(30)26-23(29)32)14-25-15-10-12-17(13-11-15)28-27-16-6-2-1-3-7-16/h1-14,18H,(H,26,30,32)/t18-/m0/s1. The first kappa shape index (κ1) is 20.7. The van der Waals surface area contributed by atoms with Gasteiger partial charge >= 0.3 is 6.03 Å². The van der Waals surface area contributed by atoms with Crippen molar-refractivity contribution >= 4 is 46.8 Å². The number of rotatable bonds is 5. The third-order valence-electron chi connectivity index (χ3n) is 4.56. The van der Waals surface area contributed by atoms with Crippen molar-refractivity contribution in [2.75, 3.05) is 4.90 Å². The van der Waals surface area contributed by atoms with E-state index in [1.165, 1.54) is 18.2 Å². The summed E-state index contributed by atoms with van der Waals surface area (Å²) < 4.78 is 14.1. The number of anilines is 1. The second kappa shape index (κ2) is 9.09. The third kappa shape index (κ3) is 4.46. The van der Waals surface area contributed by atoms with E-state index in [9.17, 15) is 18.8 Å². The Morgan fingerprint density at radius 2 is 1.38 bits per heavy atom. The van der Waals surface area contributed by atoms with Crippen LogP contribution < -0.4 is 10.2 Å². The highest BCUT2D eigenvalue weighted by molar-refractivity contribution is 6.32. The lowest BCUT2D eigenvalue weighted by Gasteiger charge is -2.28. The number of carbonyl (C=O) groups excluding carboxylic acids is 3. The zero-order valence-corrected chi connectivity index (χ0v) is 16.6. The van der Waals surface area contributed by atoms with Crippen molar-refractivity contribution in [2.45, 2.75) is 0 Å². The van der Waals surface area contributed by atoms with Crippen LogP contribution in [0.4, 0.5) is 31.9 Å². The predicted octanol–water partition coefficient (Wildman–Crippen LogP) is 4.84. The SMILES string of the molecule is O=C1NC(=O)N(c2ccccc2F)C(=O)[C@H]1C=Nc1ccc(N=Nc2ccccc2)cc1. The Balaban J connectivity index is 1.50. The van der Waals surface area contributed by atoms with Gasteiger partial charge in [0.2, 0.25) is 5.91 Å². The summed E-state index contributed by atoms with van der Waals surface area (Å²) in [4.78, 5) is 41.8. The topological polar surface area (TPSA) is 104 Å². The van der Waals surface area contributed by atoms with Gasteiger partial charge in [-0.25, -0.2) is 14.1 Å². The summed E-state index contributed by atoms with van der Waals surface area (Å²) in [6, 6.07) is 20.2. The van der Waals surface area contributed by atoms with Crippen LogP contribution in [0.25, 0.3) is 0 Å². The van der Waals surface area contributed by atoms with Crippen molar-refractivity contribution in [3.63, 3.8) is 0 Å². The maximum Gasteiger partial charge on any atom is 0.335 e. The highest BCUT2D eigenvalue weighted by atomic mass is 19.1. The van der Waals surface area contributed by atoms with E-state index in [4.69, 9.17) is 0 Å². The first-order chi connectivity index (χ1) is 15.5. The maximum absolute atomic E-state index is 14.1. The number of amides is 4. The van der Waals surface area contributed by atoms with Crippen LogP contribution in [-0.2, 0) is 9.59 Å². The summed E-state index contributed by atoms with van der Waals surface area (Å²) >= 11 is 0. The second-order valence-corrected chi connectivity index (χ2v) is 6.73. The molecule has 0 aliphatic carbocycles. The van der Waals surface area contributed by atoms with Crippen LogP contribution in [0.2, 0.25) is 0 Å². The van der Waals surface area contributed by atoms with E-state index in [0.29, 0.717) is 22.0 Å². The van der Waals surface area contributed by atoms with Crippen molar-refractivity contribution in [3.8, 4) is 0 Å². The van der Waals surface area contributed by atoms with Crippen LogP contribution >= 0.6 is 0 Å². The minimum Gasteiger partial charge on any atom is -0.276 e. The van der Waals surface area contributed by atoms with Gasteiger partial charge < -0.3 is 0 Å². The number of barbiturate groups is 1. The van der Waals surface area contributed by atoms with Gasteiger partial charge in [-0.3, -0.25) is 19.9 Å². The number of nitrogens with zero attached hydrogens (tertiary/aromatic N) is 4. The summed E-state index contributed by atoms with van der Waals surface area (Å²) in [6.45, 7) is 0. The summed E-state index contributed by atoms with van der Waals surface area (Å²) in [5, 5.41) is 10.3. The van der Waals surface area contributed by atoms with Gasteiger partial charge in [-0.2, -0.15) is 10.2 Å². The third-order valence-corrected chi connectivity index (χ3v) is 4.56. The van der Waals surface area contributed by atoms with Crippen molar-refractivity contribution in [3.05, 3.63) is 84.7 Å².